The minimum Gasteiger partial charge on any atom is -0.505 e. The van der Waals surface area contributed by atoms with Gasteiger partial charge in [-0.3, -0.25) is 10.2 Å². The molecule has 9 heteroatoms. The highest BCUT2D eigenvalue weighted by Crippen LogP contribution is 2.45. The standard InChI is InChI=1S/C20H11Cl3N2O4/c21-10-4-6-11(7-5-10)25-24-8-9-2-1-3-12-16(26)13-17(27)14(22)18(28)15(23)20(13)29-19(9)12/h1-8,25,27-28H/b24-8+. The second-order valence-electron chi connectivity index (χ2n) is 6.06. The molecule has 29 heavy (non-hydrogen) atoms. The van der Waals surface area contributed by atoms with Gasteiger partial charge in [0.1, 0.15) is 21.0 Å². The fourth-order valence-corrected chi connectivity index (χ4v) is 3.43. The highest BCUT2D eigenvalue weighted by Gasteiger charge is 2.22. The molecule has 0 radical (unpaired) electrons. The van der Waals surface area contributed by atoms with Gasteiger partial charge in [0.2, 0.25) is 5.43 Å². The van der Waals surface area contributed by atoms with Crippen molar-refractivity contribution in [3.63, 3.8) is 0 Å². The van der Waals surface area contributed by atoms with Gasteiger partial charge in [-0.15, -0.1) is 0 Å². The molecule has 0 aliphatic rings. The molecule has 0 saturated heterocycles. The number of hydrazone groups is 1. The second kappa shape index (κ2) is 7.48. The Morgan fingerprint density at radius 3 is 2.38 bits per heavy atom. The van der Waals surface area contributed by atoms with E-state index >= 15 is 0 Å². The minimum absolute atomic E-state index is 0.171. The van der Waals surface area contributed by atoms with Crippen LogP contribution < -0.4 is 10.9 Å². The third kappa shape index (κ3) is 3.35. The van der Waals surface area contributed by atoms with Crippen molar-refractivity contribution in [1.29, 1.82) is 0 Å². The molecule has 6 nitrogen and oxygen atoms in total. The van der Waals surface area contributed by atoms with E-state index in [1.54, 1.807) is 42.5 Å². The van der Waals surface area contributed by atoms with Gasteiger partial charge in [-0.1, -0.05) is 40.9 Å². The van der Waals surface area contributed by atoms with Crippen molar-refractivity contribution in [2.45, 2.75) is 0 Å². The normalized spacial score (nSPS) is 11.6. The smallest absolute Gasteiger partial charge is 0.204 e. The maximum Gasteiger partial charge on any atom is 0.204 e. The predicted molar refractivity (Wildman–Crippen MR) is 116 cm³/mol. The highest BCUT2D eigenvalue weighted by molar-refractivity contribution is 6.42. The molecule has 0 bridgehead atoms. The van der Waals surface area contributed by atoms with Crippen LogP contribution in [0.5, 0.6) is 11.5 Å². The van der Waals surface area contributed by atoms with Crippen LogP contribution in [0.15, 0.2) is 56.8 Å². The Bertz CT molecular complexity index is 1350. The van der Waals surface area contributed by atoms with E-state index in [4.69, 9.17) is 39.2 Å². The lowest BCUT2D eigenvalue weighted by atomic mass is 10.1. The van der Waals surface area contributed by atoms with Crippen LogP contribution in [0.4, 0.5) is 5.69 Å². The Balaban J connectivity index is 1.87. The van der Waals surface area contributed by atoms with Crippen LogP contribution in [-0.4, -0.2) is 16.4 Å². The molecule has 0 amide bonds. The Hall–Kier alpha value is -2.93. The zero-order valence-electron chi connectivity index (χ0n) is 14.4. The van der Waals surface area contributed by atoms with Crippen molar-refractivity contribution in [3.05, 3.63) is 73.3 Å². The number of halogens is 3. The molecule has 0 atom stereocenters. The van der Waals surface area contributed by atoms with Crippen molar-refractivity contribution < 1.29 is 14.6 Å². The van der Waals surface area contributed by atoms with Gasteiger partial charge < -0.3 is 14.6 Å². The number of hydrogen-bond donors (Lipinski definition) is 3. The number of hydrogen-bond acceptors (Lipinski definition) is 6. The quantitative estimate of drug-likeness (QED) is 0.210. The van der Waals surface area contributed by atoms with Crippen molar-refractivity contribution in [2.75, 3.05) is 5.43 Å². The van der Waals surface area contributed by atoms with E-state index < -0.39 is 22.0 Å². The topological polar surface area (TPSA) is 95.1 Å². The van der Waals surface area contributed by atoms with Gasteiger partial charge in [0.25, 0.3) is 0 Å². The number of benzene rings is 3. The molecule has 0 aliphatic carbocycles. The molecular weight excluding hydrogens is 439 g/mol. The number of aromatic hydroxyl groups is 2. The summed E-state index contributed by atoms with van der Waals surface area (Å²) in [5.41, 5.74) is 3.51. The Kier molecular flexibility index (Phi) is 5.00. The zero-order valence-corrected chi connectivity index (χ0v) is 16.7. The molecule has 0 aliphatic heterocycles. The summed E-state index contributed by atoms with van der Waals surface area (Å²) in [6.45, 7) is 0. The van der Waals surface area contributed by atoms with Gasteiger partial charge in [-0.25, -0.2) is 0 Å². The summed E-state index contributed by atoms with van der Waals surface area (Å²) in [5.74, 6) is -1.17. The maximum absolute atomic E-state index is 12.9. The van der Waals surface area contributed by atoms with Gasteiger partial charge in [0.15, 0.2) is 17.1 Å². The van der Waals surface area contributed by atoms with Crippen LogP contribution in [0.25, 0.3) is 21.9 Å². The largest absolute Gasteiger partial charge is 0.505 e. The van der Waals surface area contributed by atoms with E-state index in [-0.39, 0.29) is 27.0 Å². The molecular formula is C20H11Cl3N2O4. The average Bonchev–Trinajstić information content (AvgIpc) is 2.72. The van der Waals surface area contributed by atoms with Crippen LogP contribution in [0, 0.1) is 0 Å². The van der Waals surface area contributed by atoms with E-state index in [9.17, 15) is 15.0 Å². The molecule has 1 aromatic heterocycles. The molecule has 0 spiro atoms. The van der Waals surface area contributed by atoms with Crippen LogP contribution in [0.3, 0.4) is 0 Å². The third-order valence-electron chi connectivity index (χ3n) is 4.25. The summed E-state index contributed by atoms with van der Waals surface area (Å²) in [7, 11) is 0. The maximum atomic E-state index is 12.9. The predicted octanol–water partition coefficient (Wildman–Crippen LogP) is 5.76. The number of anilines is 1. The fourth-order valence-electron chi connectivity index (χ4n) is 2.84. The van der Waals surface area contributed by atoms with E-state index in [1.165, 1.54) is 6.21 Å². The lowest BCUT2D eigenvalue weighted by molar-refractivity contribution is 0.453. The van der Waals surface area contributed by atoms with Crippen molar-refractivity contribution >= 4 is 68.6 Å². The number of nitrogens with zero attached hydrogens (tertiary/aromatic N) is 1. The second-order valence-corrected chi connectivity index (χ2v) is 7.25. The number of nitrogens with one attached hydrogen (secondary N) is 1. The number of phenolic OH excluding ortho intramolecular Hbond substituents is 2. The van der Waals surface area contributed by atoms with Crippen molar-refractivity contribution in [2.24, 2.45) is 5.10 Å². The van der Waals surface area contributed by atoms with Gasteiger partial charge in [-0.2, -0.15) is 5.10 Å². The number of fused-ring (bicyclic) bond motifs is 2. The van der Waals surface area contributed by atoms with Crippen LogP contribution in [0.2, 0.25) is 15.1 Å². The molecule has 4 rings (SSSR count). The molecule has 1 heterocycles. The van der Waals surface area contributed by atoms with E-state index in [0.29, 0.717) is 16.3 Å². The average molecular weight is 450 g/mol. The van der Waals surface area contributed by atoms with Gasteiger partial charge in [0, 0.05) is 10.6 Å². The van der Waals surface area contributed by atoms with E-state index in [2.05, 4.69) is 10.5 Å². The molecule has 3 N–H and O–H groups in total. The van der Waals surface area contributed by atoms with E-state index in [0.717, 1.165) is 0 Å². The zero-order chi connectivity index (χ0) is 20.7. The van der Waals surface area contributed by atoms with Crippen molar-refractivity contribution in [3.8, 4) is 11.5 Å². The van der Waals surface area contributed by atoms with Crippen molar-refractivity contribution in [1.82, 2.24) is 0 Å². The number of phenols is 2. The Labute approximate surface area is 178 Å². The van der Waals surface area contributed by atoms with Gasteiger partial charge in [-0.05, 0) is 36.4 Å². The summed E-state index contributed by atoms with van der Waals surface area (Å²) < 4.78 is 5.78. The lowest BCUT2D eigenvalue weighted by Gasteiger charge is -2.09. The minimum atomic E-state index is -0.595. The van der Waals surface area contributed by atoms with Crippen LogP contribution >= 0.6 is 34.8 Å². The summed E-state index contributed by atoms with van der Waals surface area (Å²) in [6.07, 6.45) is 1.47. The first-order chi connectivity index (χ1) is 13.9. The lowest BCUT2D eigenvalue weighted by Crippen LogP contribution is -2.04. The summed E-state index contributed by atoms with van der Waals surface area (Å²) in [4.78, 5) is 12.9. The first-order valence-corrected chi connectivity index (χ1v) is 9.35. The Morgan fingerprint density at radius 2 is 1.66 bits per heavy atom. The van der Waals surface area contributed by atoms with Crippen LogP contribution in [0.1, 0.15) is 5.56 Å². The summed E-state index contributed by atoms with van der Waals surface area (Å²) in [6, 6.07) is 11.8. The van der Waals surface area contributed by atoms with Gasteiger partial charge >= 0.3 is 0 Å². The first-order valence-electron chi connectivity index (χ1n) is 8.21. The molecule has 0 saturated carbocycles. The molecule has 3 aromatic carbocycles. The highest BCUT2D eigenvalue weighted by atomic mass is 35.5. The molecule has 0 fully saturated rings. The van der Waals surface area contributed by atoms with Gasteiger partial charge in [0.05, 0.1) is 17.3 Å². The number of para-hydroxylation sites is 1. The Morgan fingerprint density at radius 1 is 0.931 bits per heavy atom. The third-order valence-corrected chi connectivity index (χ3v) is 5.21. The molecule has 146 valence electrons. The number of rotatable bonds is 3. The monoisotopic (exact) mass is 448 g/mol. The summed E-state index contributed by atoms with van der Waals surface area (Å²) in [5, 5.41) is 24.2. The molecule has 4 aromatic rings. The molecule has 0 unspecified atom stereocenters. The summed E-state index contributed by atoms with van der Waals surface area (Å²) >= 11 is 17.8. The first kappa shape index (κ1) is 19.4. The van der Waals surface area contributed by atoms with E-state index in [1.807, 2.05) is 0 Å². The van der Waals surface area contributed by atoms with Crippen LogP contribution in [-0.2, 0) is 0 Å². The fraction of sp³-hybridized carbons (Fsp3) is 0. The SMILES string of the molecule is O=c1c2cccc(/C=N/Nc3ccc(Cl)cc3)c2oc2c(Cl)c(O)c(Cl)c(O)c12.